The molecular formula is C19H15F3N2O4. The van der Waals surface area contributed by atoms with Crippen LogP contribution in [0.4, 0.5) is 24.5 Å². The summed E-state index contributed by atoms with van der Waals surface area (Å²) in [6, 6.07) is 2.79. The lowest BCUT2D eigenvalue weighted by Crippen LogP contribution is -2.51. The Morgan fingerprint density at radius 2 is 1.89 bits per heavy atom. The van der Waals surface area contributed by atoms with Crippen LogP contribution in [-0.2, 0) is 20.5 Å². The number of carbonyl (C=O) groups excluding carboxylic acids is 2. The van der Waals surface area contributed by atoms with E-state index in [9.17, 15) is 27.9 Å². The Morgan fingerprint density at radius 3 is 2.50 bits per heavy atom. The van der Waals surface area contributed by atoms with Crippen molar-refractivity contribution in [1.82, 2.24) is 0 Å². The Labute approximate surface area is 157 Å². The van der Waals surface area contributed by atoms with Crippen LogP contribution >= 0.6 is 0 Å². The van der Waals surface area contributed by atoms with Crippen LogP contribution in [0.5, 0.6) is 0 Å². The molecule has 5 rings (SSSR count). The number of aliphatic hydroxyl groups is 1. The largest absolute Gasteiger partial charge is 0.407 e. The number of amides is 2. The van der Waals surface area contributed by atoms with Gasteiger partial charge in [-0.2, -0.15) is 13.2 Å². The molecule has 146 valence electrons. The number of ether oxygens (including phenoxy) is 1. The Bertz CT molecular complexity index is 1020. The minimum Gasteiger partial charge on any atom is -0.386 e. The molecule has 1 aromatic carbocycles. The first-order chi connectivity index (χ1) is 12.9. The molecule has 3 saturated heterocycles. The number of anilines is 1. The number of hydrogen-bond acceptors (Lipinski definition) is 4. The number of nitrogens with zero attached hydrogens (tertiary/aromatic N) is 2. The maximum absolute atomic E-state index is 13.3. The molecule has 4 aliphatic rings. The molecule has 2 unspecified atom stereocenters. The lowest BCUT2D eigenvalue weighted by Gasteiger charge is -2.32. The van der Waals surface area contributed by atoms with E-state index in [1.54, 1.807) is 13.8 Å². The molecule has 0 spiro atoms. The summed E-state index contributed by atoms with van der Waals surface area (Å²) in [6.07, 6.45) is -4.36. The number of imide groups is 1. The van der Waals surface area contributed by atoms with E-state index in [0.29, 0.717) is 12.5 Å². The summed E-state index contributed by atoms with van der Waals surface area (Å²) < 4.78 is 45.9. The molecule has 2 amide bonds. The Hall–Kier alpha value is -2.44. The normalized spacial score (nSPS) is 43.2. The Morgan fingerprint density at radius 1 is 1.25 bits per heavy atom. The molecule has 1 N–H and O–H groups in total. The highest BCUT2D eigenvalue weighted by atomic mass is 19.4. The van der Waals surface area contributed by atoms with E-state index in [-0.39, 0.29) is 11.6 Å². The summed E-state index contributed by atoms with van der Waals surface area (Å²) in [5.41, 5.74) is -5.50. The van der Waals surface area contributed by atoms with Gasteiger partial charge in [0.1, 0.15) is 11.2 Å². The molecule has 3 aliphatic heterocycles. The molecule has 0 aromatic heterocycles. The topological polar surface area (TPSA) is 71.2 Å². The van der Waals surface area contributed by atoms with Gasteiger partial charge in [0.2, 0.25) is 11.8 Å². The summed E-state index contributed by atoms with van der Waals surface area (Å²) in [5, 5.41) is 10.8. The average Bonchev–Trinajstić information content (AvgIpc) is 3.11. The van der Waals surface area contributed by atoms with E-state index in [4.69, 9.17) is 11.3 Å². The number of rotatable bonds is 1. The van der Waals surface area contributed by atoms with Gasteiger partial charge in [-0.25, -0.2) is 9.74 Å². The molecule has 6 atom stereocenters. The van der Waals surface area contributed by atoms with Crippen molar-refractivity contribution in [3.63, 3.8) is 0 Å². The summed E-state index contributed by atoms with van der Waals surface area (Å²) in [4.78, 5) is 29.9. The first kappa shape index (κ1) is 17.6. The predicted molar refractivity (Wildman–Crippen MR) is 88.1 cm³/mol. The van der Waals surface area contributed by atoms with Gasteiger partial charge >= 0.3 is 6.18 Å². The molecule has 6 nitrogen and oxygen atoms in total. The first-order valence-electron chi connectivity index (χ1n) is 8.79. The van der Waals surface area contributed by atoms with Crippen molar-refractivity contribution in [3.8, 4) is 0 Å². The third-order valence-corrected chi connectivity index (χ3v) is 7.10. The van der Waals surface area contributed by atoms with Crippen molar-refractivity contribution < 1.29 is 32.6 Å². The number of fused-ring (bicyclic) bond motifs is 8. The summed E-state index contributed by atoms with van der Waals surface area (Å²) in [6.45, 7) is 10.2. The van der Waals surface area contributed by atoms with Gasteiger partial charge in [-0.1, -0.05) is 6.07 Å². The first-order valence-corrected chi connectivity index (χ1v) is 8.79. The van der Waals surface area contributed by atoms with Crippen LogP contribution in [0.25, 0.3) is 4.85 Å². The van der Waals surface area contributed by atoms with Crippen molar-refractivity contribution in [1.29, 1.82) is 0 Å². The second-order valence-electron chi connectivity index (χ2n) is 8.35. The number of alkyl halides is 3. The highest BCUT2D eigenvalue weighted by molar-refractivity contribution is 6.23. The Kier molecular flexibility index (Phi) is 2.89. The second kappa shape index (κ2) is 4.58. The molecule has 1 saturated carbocycles. The Balaban J connectivity index is 1.61. The molecule has 0 radical (unpaired) electrons. The van der Waals surface area contributed by atoms with E-state index in [1.165, 1.54) is 6.07 Å². The zero-order chi connectivity index (χ0) is 20.4. The SMILES string of the molecule is [C-]#[N+]c1ccc(N2C(=O)[C@@H]3[C@H](C2=O)C2(C)OC3(C)[C@@]3(O)C[C@@H]23)cc1C(F)(F)F. The highest BCUT2D eigenvalue weighted by Gasteiger charge is 2.90. The molecule has 9 heteroatoms. The average molecular weight is 392 g/mol. The maximum Gasteiger partial charge on any atom is 0.407 e. The monoisotopic (exact) mass is 392 g/mol. The summed E-state index contributed by atoms with van der Waals surface area (Å²) >= 11 is 0. The van der Waals surface area contributed by atoms with E-state index < -0.39 is 57.9 Å². The van der Waals surface area contributed by atoms with Crippen LogP contribution in [0.3, 0.4) is 0 Å². The zero-order valence-corrected chi connectivity index (χ0v) is 14.9. The quantitative estimate of drug-likeness (QED) is 0.589. The number of hydrogen-bond donors (Lipinski definition) is 1. The van der Waals surface area contributed by atoms with Gasteiger partial charge in [-0.05, 0) is 32.4 Å². The van der Waals surface area contributed by atoms with Gasteiger partial charge in [-0.15, -0.1) is 0 Å². The van der Waals surface area contributed by atoms with Crippen molar-refractivity contribution >= 4 is 23.2 Å². The standard InChI is InChI=1S/C19H15F3N2O4/c1-16-11-7-18(11,27)17(2,28-16)13-12(16)14(25)24(15(13)26)8-4-5-10(23-3)9(6-8)19(20,21)22/h4-6,11-13,27H,7H2,1-2H3/t11-,12+,13-,16?,17?,18+/m0/s1. The van der Waals surface area contributed by atoms with Gasteiger partial charge in [-0.3, -0.25) is 9.59 Å². The smallest absolute Gasteiger partial charge is 0.386 e. The third-order valence-electron chi connectivity index (χ3n) is 7.10. The number of carbonyl (C=O) groups is 2. The van der Waals surface area contributed by atoms with Crippen LogP contribution in [0.1, 0.15) is 25.8 Å². The fourth-order valence-corrected chi connectivity index (χ4v) is 5.75. The molecule has 28 heavy (non-hydrogen) atoms. The number of halogens is 3. The molecular weight excluding hydrogens is 377 g/mol. The van der Waals surface area contributed by atoms with E-state index in [1.807, 2.05) is 0 Å². The van der Waals surface area contributed by atoms with E-state index in [0.717, 1.165) is 11.0 Å². The third kappa shape index (κ3) is 1.68. The second-order valence-corrected chi connectivity index (χ2v) is 8.35. The van der Waals surface area contributed by atoms with Crippen LogP contribution in [0.2, 0.25) is 0 Å². The van der Waals surface area contributed by atoms with Crippen LogP contribution in [0.15, 0.2) is 18.2 Å². The van der Waals surface area contributed by atoms with Crippen LogP contribution < -0.4 is 4.90 Å². The number of benzene rings is 1. The van der Waals surface area contributed by atoms with Crippen molar-refractivity contribution in [3.05, 3.63) is 35.2 Å². The summed E-state index contributed by atoms with van der Waals surface area (Å²) in [5.74, 6) is -3.39. The fourth-order valence-electron chi connectivity index (χ4n) is 5.75. The van der Waals surface area contributed by atoms with Crippen molar-refractivity contribution in [2.75, 3.05) is 4.90 Å². The predicted octanol–water partition coefficient (Wildman–Crippen LogP) is 2.67. The molecule has 2 bridgehead atoms. The minimum absolute atomic E-state index is 0.226. The fraction of sp³-hybridized carbons (Fsp3) is 0.526. The lowest BCUT2D eigenvalue weighted by molar-refractivity contribution is -0.141. The van der Waals surface area contributed by atoms with Gasteiger partial charge < -0.3 is 9.84 Å². The molecule has 1 aliphatic carbocycles. The lowest BCUT2D eigenvalue weighted by atomic mass is 9.67. The van der Waals surface area contributed by atoms with Crippen molar-refractivity contribution in [2.24, 2.45) is 17.8 Å². The van der Waals surface area contributed by atoms with Crippen LogP contribution in [-0.4, -0.2) is 33.7 Å². The van der Waals surface area contributed by atoms with Gasteiger partial charge in [0, 0.05) is 11.6 Å². The van der Waals surface area contributed by atoms with Crippen molar-refractivity contribution in [2.45, 2.75) is 43.2 Å². The summed E-state index contributed by atoms with van der Waals surface area (Å²) in [7, 11) is 0. The zero-order valence-electron chi connectivity index (χ0n) is 14.9. The molecule has 1 aromatic rings. The van der Waals surface area contributed by atoms with E-state index in [2.05, 4.69) is 4.85 Å². The van der Waals surface area contributed by atoms with Gasteiger partial charge in [0.25, 0.3) is 0 Å². The maximum atomic E-state index is 13.3. The van der Waals surface area contributed by atoms with Gasteiger partial charge in [0.15, 0.2) is 5.69 Å². The minimum atomic E-state index is -4.80. The van der Waals surface area contributed by atoms with Crippen LogP contribution in [0, 0.1) is 24.3 Å². The van der Waals surface area contributed by atoms with E-state index >= 15 is 0 Å². The van der Waals surface area contributed by atoms with Gasteiger partial charge in [0.05, 0.1) is 29.6 Å². The highest BCUT2D eigenvalue weighted by Crippen LogP contribution is 2.76. The molecule has 3 heterocycles. The molecule has 4 fully saturated rings.